The van der Waals surface area contributed by atoms with Crippen molar-refractivity contribution < 1.29 is 0 Å². The topological polar surface area (TPSA) is 50.7 Å². The Balaban J connectivity index is 2.25. The Labute approximate surface area is 104 Å². The second-order valence-corrected chi connectivity index (χ2v) is 4.49. The third-order valence-corrected chi connectivity index (χ3v) is 2.95. The third-order valence-electron chi connectivity index (χ3n) is 2.95. The summed E-state index contributed by atoms with van der Waals surface area (Å²) in [6.07, 6.45) is 1.82. The summed E-state index contributed by atoms with van der Waals surface area (Å²) >= 11 is 0. The predicted octanol–water partition coefficient (Wildman–Crippen LogP) is 2.33. The molecule has 0 spiro atoms. The van der Waals surface area contributed by atoms with E-state index in [9.17, 15) is 4.79 Å². The molecule has 0 saturated carbocycles. The molecule has 0 radical (unpaired) electrons. The summed E-state index contributed by atoms with van der Waals surface area (Å²) in [4.78, 5) is 19.1. The Kier molecular flexibility index (Phi) is 2.30. The number of aryl methyl sites for hydroxylation is 2. The summed E-state index contributed by atoms with van der Waals surface area (Å²) in [6, 6.07) is 9.78. The first kappa shape index (κ1) is 10.8. The van der Waals surface area contributed by atoms with Gasteiger partial charge in [0.05, 0.1) is 5.69 Å². The molecule has 0 amide bonds. The van der Waals surface area contributed by atoms with Gasteiger partial charge in [-0.1, -0.05) is 17.7 Å². The van der Waals surface area contributed by atoms with Crippen molar-refractivity contribution in [3.05, 3.63) is 58.3 Å². The number of nitrogens with one attached hydrogen (secondary N) is 1. The maximum Gasteiger partial charge on any atom is 0.354 e. The number of rotatable bonds is 1. The molecule has 1 N–H and O–H groups in total. The van der Waals surface area contributed by atoms with Crippen molar-refractivity contribution in [1.29, 1.82) is 0 Å². The van der Waals surface area contributed by atoms with Gasteiger partial charge in [0.15, 0.2) is 0 Å². The van der Waals surface area contributed by atoms with E-state index in [1.807, 2.05) is 50.4 Å². The standard InChI is InChI=1S/C14H13N3O/c1-9-3-5-12(6-4-9)17-8-11-7-10(2)15-13(11)16-14(17)18/h3-8H,1-2H3,(H,15,16,18). The van der Waals surface area contributed by atoms with Crippen molar-refractivity contribution in [3.8, 4) is 5.69 Å². The van der Waals surface area contributed by atoms with Gasteiger partial charge in [0, 0.05) is 17.3 Å². The van der Waals surface area contributed by atoms with E-state index in [1.54, 1.807) is 4.57 Å². The molecule has 0 unspecified atom stereocenters. The molecular formula is C14H13N3O. The molecule has 3 aromatic rings. The largest absolute Gasteiger partial charge is 0.354 e. The van der Waals surface area contributed by atoms with E-state index in [0.29, 0.717) is 5.65 Å². The van der Waals surface area contributed by atoms with Gasteiger partial charge in [0.25, 0.3) is 0 Å². The van der Waals surface area contributed by atoms with Gasteiger partial charge < -0.3 is 4.98 Å². The Hall–Kier alpha value is -2.36. The molecule has 4 heteroatoms. The molecule has 18 heavy (non-hydrogen) atoms. The van der Waals surface area contributed by atoms with Gasteiger partial charge in [-0.05, 0) is 32.0 Å². The quantitative estimate of drug-likeness (QED) is 0.708. The van der Waals surface area contributed by atoms with Crippen LogP contribution in [-0.2, 0) is 0 Å². The average molecular weight is 239 g/mol. The Bertz CT molecular complexity index is 766. The number of nitrogens with zero attached hydrogens (tertiary/aromatic N) is 2. The van der Waals surface area contributed by atoms with Crippen molar-refractivity contribution in [3.63, 3.8) is 0 Å². The number of hydrogen-bond acceptors (Lipinski definition) is 2. The molecule has 90 valence electrons. The summed E-state index contributed by atoms with van der Waals surface area (Å²) in [5.41, 5.74) is 3.37. The fourth-order valence-electron chi connectivity index (χ4n) is 2.02. The zero-order valence-electron chi connectivity index (χ0n) is 10.3. The minimum Gasteiger partial charge on any atom is -0.343 e. The van der Waals surface area contributed by atoms with Crippen molar-refractivity contribution in [1.82, 2.24) is 14.5 Å². The molecule has 1 aromatic carbocycles. The van der Waals surface area contributed by atoms with Gasteiger partial charge >= 0.3 is 5.69 Å². The van der Waals surface area contributed by atoms with Crippen molar-refractivity contribution in [2.24, 2.45) is 0 Å². The monoisotopic (exact) mass is 239 g/mol. The number of benzene rings is 1. The van der Waals surface area contributed by atoms with E-state index in [4.69, 9.17) is 0 Å². The molecule has 3 rings (SSSR count). The van der Waals surface area contributed by atoms with Crippen LogP contribution >= 0.6 is 0 Å². The first-order valence-electron chi connectivity index (χ1n) is 5.79. The van der Waals surface area contributed by atoms with Gasteiger partial charge in [0.2, 0.25) is 0 Å². The van der Waals surface area contributed by atoms with Crippen LogP contribution in [0.1, 0.15) is 11.3 Å². The number of aromatic nitrogens is 3. The van der Waals surface area contributed by atoms with Crippen LogP contribution in [0, 0.1) is 13.8 Å². The number of hydrogen-bond donors (Lipinski definition) is 1. The van der Waals surface area contributed by atoms with Crippen LogP contribution in [0.3, 0.4) is 0 Å². The van der Waals surface area contributed by atoms with E-state index in [1.165, 1.54) is 5.56 Å². The maximum absolute atomic E-state index is 12.0. The van der Waals surface area contributed by atoms with E-state index in [2.05, 4.69) is 9.97 Å². The van der Waals surface area contributed by atoms with Crippen LogP contribution in [0.4, 0.5) is 0 Å². The van der Waals surface area contributed by atoms with Gasteiger partial charge in [-0.2, -0.15) is 4.98 Å². The Morgan fingerprint density at radius 2 is 1.89 bits per heavy atom. The Morgan fingerprint density at radius 1 is 1.17 bits per heavy atom. The average Bonchev–Trinajstić information content (AvgIpc) is 2.68. The predicted molar refractivity (Wildman–Crippen MR) is 71.2 cm³/mol. The van der Waals surface area contributed by atoms with Gasteiger partial charge in [-0.15, -0.1) is 0 Å². The summed E-state index contributed by atoms with van der Waals surface area (Å²) in [5.74, 6) is 0. The van der Waals surface area contributed by atoms with Crippen LogP contribution in [0.15, 0.2) is 41.3 Å². The molecule has 0 fully saturated rings. The van der Waals surface area contributed by atoms with Crippen LogP contribution in [0.2, 0.25) is 0 Å². The summed E-state index contributed by atoms with van der Waals surface area (Å²) in [6.45, 7) is 3.96. The summed E-state index contributed by atoms with van der Waals surface area (Å²) in [5, 5.41) is 0.938. The molecular weight excluding hydrogens is 226 g/mol. The lowest BCUT2D eigenvalue weighted by atomic mass is 10.2. The molecule has 0 atom stereocenters. The van der Waals surface area contributed by atoms with E-state index in [0.717, 1.165) is 16.8 Å². The minimum absolute atomic E-state index is 0.270. The maximum atomic E-state index is 12.0. The first-order valence-corrected chi connectivity index (χ1v) is 5.79. The van der Waals surface area contributed by atoms with Gasteiger partial charge in [0.1, 0.15) is 5.65 Å². The van der Waals surface area contributed by atoms with Crippen molar-refractivity contribution in [2.45, 2.75) is 13.8 Å². The minimum atomic E-state index is -0.270. The third kappa shape index (κ3) is 1.72. The molecule has 0 aliphatic heterocycles. The second-order valence-electron chi connectivity index (χ2n) is 4.49. The smallest absolute Gasteiger partial charge is 0.343 e. The lowest BCUT2D eigenvalue weighted by Crippen LogP contribution is -2.20. The molecule has 4 nitrogen and oxygen atoms in total. The number of H-pyrrole nitrogens is 1. The fourth-order valence-corrected chi connectivity index (χ4v) is 2.02. The van der Waals surface area contributed by atoms with E-state index >= 15 is 0 Å². The van der Waals surface area contributed by atoms with Crippen LogP contribution in [-0.4, -0.2) is 14.5 Å². The van der Waals surface area contributed by atoms with Gasteiger partial charge in [-0.25, -0.2) is 4.79 Å². The molecule has 0 aliphatic rings. The molecule has 0 saturated heterocycles. The number of fused-ring (bicyclic) bond motifs is 1. The molecule has 0 aliphatic carbocycles. The summed E-state index contributed by atoms with van der Waals surface area (Å²) in [7, 11) is 0. The van der Waals surface area contributed by atoms with Crippen LogP contribution < -0.4 is 5.69 Å². The molecule has 2 aromatic heterocycles. The van der Waals surface area contributed by atoms with Gasteiger partial charge in [-0.3, -0.25) is 4.57 Å². The fraction of sp³-hybridized carbons (Fsp3) is 0.143. The van der Waals surface area contributed by atoms with Crippen LogP contribution in [0.25, 0.3) is 16.7 Å². The highest BCUT2D eigenvalue weighted by Gasteiger charge is 2.05. The Morgan fingerprint density at radius 3 is 2.61 bits per heavy atom. The first-order chi connectivity index (χ1) is 8.63. The highest BCUT2D eigenvalue weighted by molar-refractivity contribution is 5.75. The lowest BCUT2D eigenvalue weighted by Gasteiger charge is -2.04. The summed E-state index contributed by atoms with van der Waals surface area (Å²) < 4.78 is 1.56. The highest BCUT2D eigenvalue weighted by atomic mass is 16.1. The van der Waals surface area contributed by atoms with Crippen LogP contribution in [0.5, 0.6) is 0 Å². The lowest BCUT2D eigenvalue weighted by molar-refractivity contribution is 0.934. The zero-order chi connectivity index (χ0) is 12.7. The highest BCUT2D eigenvalue weighted by Crippen LogP contribution is 2.13. The van der Waals surface area contributed by atoms with Crippen molar-refractivity contribution in [2.75, 3.05) is 0 Å². The SMILES string of the molecule is Cc1ccc(-n2cc3cc(C)[nH]c3nc2=O)cc1. The number of aromatic amines is 1. The second kappa shape index (κ2) is 3.84. The molecule has 0 bridgehead atoms. The van der Waals surface area contributed by atoms with E-state index < -0.39 is 0 Å². The molecule has 2 heterocycles. The normalized spacial score (nSPS) is 11.0. The van der Waals surface area contributed by atoms with E-state index in [-0.39, 0.29) is 5.69 Å². The zero-order valence-corrected chi connectivity index (χ0v) is 10.3. The van der Waals surface area contributed by atoms with Crippen molar-refractivity contribution >= 4 is 11.0 Å².